The summed E-state index contributed by atoms with van der Waals surface area (Å²) in [7, 11) is -3.82. The molecule has 3 aromatic carbocycles. The molecule has 1 heterocycles. The number of anilines is 2. The van der Waals surface area contributed by atoms with Gasteiger partial charge in [-0.2, -0.15) is 4.99 Å². The lowest BCUT2D eigenvalue weighted by Crippen LogP contribution is -2.20. The molecular weight excluding hydrogens is 524 g/mol. The number of carbonyl (C=O) groups excluding carboxylic acids is 2. The highest BCUT2D eigenvalue weighted by Gasteiger charge is 2.16. The average molecular weight is 553 g/mol. The summed E-state index contributed by atoms with van der Waals surface area (Å²) in [4.78, 5) is 29.6. The second-order valence-corrected chi connectivity index (χ2v) is 11.2. The topological polar surface area (TPSA) is 119 Å². The van der Waals surface area contributed by atoms with Crippen LogP contribution in [0.2, 0.25) is 0 Å². The second-order valence-electron chi connectivity index (χ2n) is 8.51. The van der Waals surface area contributed by atoms with Gasteiger partial charge in [0.25, 0.3) is 15.9 Å². The van der Waals surface area contributed by atoms with Gasteiger partial charge in [0, 0.05) is 37.0 Å². The van der Waals surface area contributed by atoms with E-state index in [4.69, 9.17) is 4.74 Å². The summed E-state index contributed by atoms with van der Waals surface area (Å²) in [6.45, 7) is 6.71. The number of rotatable bonds is 9. The van der Waals surface area contributed by atoms with Crippen molar-refractivity contribution in [3.8, 4) is 0 Å². The molecule has 4 aromatic rings. The van der Waals surface area contributed by atoms with Crippen molar-refractivity contribution in [2.24, 2.45) is 4.99 Å². The highest BCUT2D eigenvalue weighted by molar-refractivity contribution is 7.92. The quantitative estimate of drug-likeness (QED) is 0.295. The molecule has 38 heavy (non-hydrogen) atoms. The van der Waals surface area contributed by atoms with Crippen molar-refractivity contribution in [1.82, 2.24) is 4.57 Å². The monoisotopic (exact) mass is 552 g/mol. The number of aromatic nitrogens is 1. The van der Waals surface area contributed by atoms with Crippen molar-refractivity contribution < 1.29 is 22.7 Å². The fraction of sp³-hybridized carbons (Fsp3) is 0.222. The molecule has 0 spiro atoms. The van der Waals surface area contributed by atoms with Crippen LogP contribution in [0.3, 0.4) is 0 Å². The molecule has 9 nitrogen and oxygen atoms in total. The molecule has 0 saturated heterocycles. The normalized spacial score (nSPS) is 12.0. The van der Waals surface area contributed by atoms with Gasteiger partial charge >= 0.3 is 0 Å². The van der Waals surface area contributed by atoms with Crippen molar-refractivity contribution in [2.45, 2.75) is 32.2 Å². The Bertz CT molecular complexity index is 1660. The van der Waals surface area contributed by atoms with Crippen LogP contribution in [-0.4, -0.2) is 38.0 Å². The highest BCUT2D eigenvalue weighted by atomic mass is 32.2. The summed E-state index contributed by atoms with van der Waals surface area (Å²) in [6, 6.07) is 18.2. The van der Waals surface area contributed by atoms with Crippen molar-refractivity contribution in [2.75, 3.05) is 23.3 Å². The molecule has 0 unspecified atom stereocenters. The molecule has 0 saturated carbocycles. The molecule has 0 aliphatic rings. The zero-order valence-corrected chi connectivity index (χ0v) is 22.9. The summed E-state index contributed by atoms with van der Waals surface area (Å²) >= 11 is 1.32. The SMILES string of the molecule is CCOCCn1c(=NC(=O)c2cccc(NS(=O)(=O)c3ccc(C)cc3)c2)sc2cc(NC(C)=O)ccc21. The summed E-state index contributed by atoms with van der Waals surface area (Å²) < 4.78 is 36.4. The van der Waals surface area contributed by atoms with Gasteiger partial charge < -0.3 is 14.6 Å². The van der Waals surface area contributed by atoms with Crippen LogP contribution in [0.4, 0.5) is 11.4 Å². The van der Waals surface area contributed by atoms with Crippen molar-refractivity contribution in [1.29, 1.82) is 0 Å². The number of ether oxygens (including phenoxy) is 1. The number of amides is 2. The van der Waals surface area contributed by atoms with Gasteiger partial charge in [0.2, 0.25) is 5.91 Å². The Kier molecular flexibility index (Phi) is 8.40. The van der Waals surface area contributed by atoms with Crippen molar-refractivity contribution in [3.63, 3.8) is 0 Å². The molecule has 2 N–H and O–H groups in total. The number of nitrogens with zero attached hydrogens (tertiary/aromatic N) is 2. The first-order valence-corrected chi connectivity index (χ1v) is 14.2. The number of sulfonamides is 1. The van der Waals surface area contributed by atoms with E-state index in [2.05, 4.69) is 15.0 Å². The first-order chi connectivity index (χ1) is 18.2. The molecule has 0 radical (unpaired) electrons. The number of carbonyl (C=O) groups is 2. The van der Waals surface area contributed by atoms with Gasteiger partial charge in [-0.1, -0.05) is 35.1 Å². The number of thiazole rings is 1. The molecule has 0 fully saturated rings. The van der Waals surface area contributed by atoms with Crippen LogP contribution < -0.4 is 14.8 Å². The van der Waals surface area contributed by atoms with E-state index in [1.54, 1.807) is 36.4 Å². The molecule has 0 atom stereocenters. The van der Waals surface area contributed by atoms with E-state index < -0.39 is 15.9 Å². The number of nitrogens with one attached hydrogen (secondary N) is 2. The summed E-state index contributed by atoms with van der Waals surface area (Å²) in [6.07, 6.45) is 0. The Morgan fingerprint density at radius 2 is 1.79 bits per heavy atom. The van der Waals surface area contributed by atoms with E-state index >= 15 is 0 Å². The van der Waals surface area contributed by atoms with Crippen LogP contribution in [0.1, 0.15) is 29.8 Å². The minimum Gasteiger partial charge on any atom is -0.380 e. The third-order valence-corrected chi connectivity index (χ3v) is 8.00. The van der Waals surface area contributed by atoms with Gasteiger partial charge in [-0.3, -0.25) is 14.3 Å². The Labute approximate surface area is 224 Å². The molecule has 11 heteroatoms. The fourth-order valence-electron chi connectivity index (χ4n) is 3.75. The fourth-order valence-corrected chi connectivity index (χ4v) is 5.90. The molecule has 0 aliphatic heterocycles. The van der Waals surface area contributed by atoms with E-state index in [0.717, 1.165) is 15.8 Å². The molecule has 2 amide bonds. The molecular formula is C27H28N4O5S2. The molecule has 4 rings (SSSR count). The number of fused-ring (bicyclic) bond motifs is 1. The third kappa shape index (κ3) is 6.55. The number of hydrogen-bond donors (Lipinski definition) is 2. The standard InChI is InChI=1S/C27H28N4O5S2/c1-4-36-15-14-31-24-13-10-21(28-19(3)32)17-25(24)37-27(31)29-26(33)20-6-5-7-22(16-20)30-38(34,35)23-11-8-18(2)9-12-23/h5-13,16-17,30H,4,14-15H2,1-3H3,(H,28,32). The Morgan fingerprint density at radius 3 is 2.50 bits per heavy atom. The molecule has 1 aromatic heterocycles. The van der Waals surface area contributed by atoms with Crippen LogP contribution in [-0.2, 0) is 26.1 Å². The molecule has 0 aliphatic carbocycles. The van der Waals surface area contributed by atoms with Crippen LogP contribution >= 0.6 is 11.3 Å². The van der Waals surface area contributed by atoms with E-state index in [1.807, 2.05) is 30.5 Å². The van der Waals surface area contributed by atoms with Gasteiger partial charge in [0.1, 0.15) is 0 Å². The predicted octanol–water partition coefficient (Wildman–Crippen LogP) is 4.55. The highest BCUT2D eigenvalue weighted by Crippen LogP contribution is 2.23. The zero-order valence-electron chi connectivity index (χ0n) is 21.2. The molecule has 0 bridgehead atoms. The Morgan fingerprint density at radius 1 is 1.03 bits per heavy atom. The van der Waals surface area contributed by atoms with Gasteiger partial charge in [-0.25, -0.2) is 8.42 Å². The van der Waals surface area contributed by atoms with Crippen LogP contribution in [0.15, 0.2) is 76.6 Å². The summed E-state index contributed by atoms with van der Waals surface area (Å²) in [5.41, 5.74) is 2.95. The first kappa shape index (κ1) is 27.2. The lowest BCUT2D eigenvalue weighted by Gasteiger charge is -2.09. The van der Waals surface area contributed by atoms with Crippen LogP contribution in [0.5, 0.6) is 0 Å². The Balaban J connectivity index is 1.66. The number of benzene rings is 3. The average Bonchev–Trinajstić information content (AvgIpc) is 3.20. The maximum Gasteiger partial charge on any atom is 0.279 e. The lowest BCUT2D eigenvalue weighted by molar-refractivity contribution is -0.114. The van der Waals surface area contributed by atoms with Gasteiger partial charge in [-0.15, -0.1) is 0 Å². The van der Waals surface area contributed by atoms with Gasteiger partial charge in [0.15, 0.2) is 4.80 Å². The first-order valence-electron chi connectivity index (χ1n) is 11.9. The van der Waals surface area contributed by atoms with Crippen LogP contribution in [0.25, 0.3) is 10.2 Å². The maximum absolute atomic E-state index is 13.2. The van der Waals surface area contributed by atoms with E-state index in [-0.39, 0.29) is 22.1 Å². The third-order valence-electron chi connectivity index (χ3n) is 5.56. The lowest BCUT2D eigenvalue weighted by atomic mass is 10.2. The Hall–Kier alpha value is -3.80. The van der Waals surface area contributed by atoms with Crippen molar-refractivity contribution in [3.05, 3.63) is 82.7 Å². The smallest absolute Gasteiger partial charge is 0.279 e. The van der Waals surface area contributed by atoms with Crippen LogP contribution in [0, 0.1) is 6.92 Å². The summed E-state index contributed by atoms with van der Waals surface area (Å²) in [5, 5.41) is 2.76. The number of aryl methyl sites for hydroxylation is 1. The largest absolute Gasteiger partial charge is 0.380 e. The summed E-state index contributed by atoms with van der Waals surface area (Å²) in [5.74, 6) is -0.691. The van der Waals surface area contributed by atoms with E-state index in [1.165, 1.54) is 36.5 Å². The number of hydrogen-bond acceptors (Lipinski definition) is 6. The zero-order chi connectivity index (χ0) is 27.3. The minimum absolute atomic E-state index is 0.128. The minimum atomic E-state index is -3.82. The van der Waals surface area contributed by atoms with Gasteiger partial charge in [0.05, 0.1) is 21.7 Å². The van der Waals surface area contributed by atoms with E-state index in [9.17, 15) is 18.0 Å². The predicted molar refractivity (Wildman–Crippen MR) is 149 cm³/mol. The molecule has 198 valence electrons. The van der Waals surface area contributed by atoms with Gasteiger partial charge in [-0.05, 0) is 62.4 Å². The van der Waals surface area contributed by atoms with E-state index in [0.29, 0.717) is 30.2 Å². The van der Waals surface area contributed by atoms with Crippen molar-refractivity contribution >= 4 is 54.8 Å². The second kappa shape index (κ2) is 11.7. The maximum atomic E-state index is 13.2.